The molecule has 0 saturated carbocycles. The van der Waals surface area contributed by atoms with Crippen LogP contribution in [0.15, 0.2) is 42.5 Å². The van der Waals surface area contributed by atoms with Crippen LogP contribution in [0, 0.1) is 0 Å². The van der Waals surface area contributed by atoms with E-state index in [1.807, 2.05) is 36.4 Å². The molecule has 0 amide bonds. The molecule has 0 aromatic heterocycles. The first-order chi connectivity index (χ1) is 9.10. The summed E-state index contributed by atoms with van der Waals surface area (Å²) in [6.45, 7) is 0. The topological polar surface area (TPSA) is 9.23 Å². The van der Waals surface area contributed by atoms with E-state index in [1.54, 1.807) is 13.2 Å². The molecule has 0 spiro atoms. The number of rotatable bonds is 4. The molecular formula is C15H13Cl3O. The van der Waals surface area contributed by atoms with Crippen LogP contribution in [0.25, 0.3) is 0 Å². The van der Waals surface area contributed by atoms with Crippen molar-refractivity contribution >= 4 is 34.8 Å². The van der Waals surface area contributed by atoms with E-state index >= 15 is 0 Å². The third-order valence-corrected chi connectivity index (χ3v) is 4.02. The Morgan fingerprint density at radius 1 is 1.00 bits per heavy atom. The van der Waals surface area contributed by atoms with E-state index in [1.165, 1.54) is 0 Å². The summed E-state index contributed by atoms with van der Waals surface area (Å²) < 4.78 is 5.12. The standard InChI is InChI=1S/C15H13Cl3O/c1-19-12-5-3-11(4-6-12)14(17)8-10-2-7-13(16)15(18)9-10/h2-7,9,14H,8H2,1H3. The summed E-state index contributed by atoms with van der Waals surface area (Å²) in [7, 11) is 1.64. The van der Waals surface area contributed by atoms with Gasteiger partial charge in [0, 0.05) is 0 Å². The van der Waals surface area contributed by atoms with Gasteiger partial charge in [-0.1, -0.05) is 41.4 Å². The van der Waals surface area contributed by atoms with Gasteiger partial charge in [-0.05, 0) is 41.8 Å². The number of hydrogen-bond acceptors (Lipinski definition) is 1. The SMILES string of the molecule is COc1ccc(C(Cl)Cc2ccc(Cl)c(Cl)c2)cc1. The lowest BCUT2D eigenvalue weighted by Gasteiger charge is -2.11. The van der Waals surface area contributed by atoms with Gasteiger partial charge in [-0.15, -0.1) is 11.6 Å². The van der Waals surface area contributed by atoms with Crippen LogP contribution >= 0.6 is 34.8 Å². The summed E-state index contributed by atoms with van der Waals surface area (Å²) in [6, 6.07) is 13.3. The zero-order chi connectivity index (χ0) is 13.8. The molecule has 0 aliphatic rings. The molecule has 0 aliphatic carbocycles. The summed E-state index contributed by atoms with van der Waals surface area (Å²) >= 11 is 18.3. The van der Waals surface area contributed by atoms with Crippen molar-refractivity contribution in [1.82, 2.24) is 0 Å². The maximum Gasteiger partial charge on any atom is 0.118 e. The molecule has 100 valence electrons. The van der Waals surface area contributed by atoms with Gasteiger partial charge < -0.3 is 4.74 Å². The van der Waals surface area contributed by atoms with E-state index in [2.05, 4.69) is 0 Å². The molecule has 2 rings (SSSR count). The maximum atomic E-state index is 6.41. The number of methoxy groups -OCH3 is 1. The zero-order valence-electron chi connectivity index (χ0n) is 10.4. The fourth-order valence-corrected chi connectivity index (χ4v) is 2.45. The lowest BCUT2D eigenvalue weighted by atomic mass is 10.0. The van der Waals surface area contributed by atoms with Crippen LogP contribution in [-0.2, 0) is 6.42 Å². The van der Waals surface area contributed by atoms with E-state index in [-0.39, 0.29) is 5.38 Å². The third-order valence-electron chi connectivity index (χ3n) is 2.88. The van der Waals surface area contributed by atoms with Crippen LogP contribution in [0.4, 0.5) is 0 Å². The Bertz CT molecular complexity index is 552. The van der Waals surface area contributed by atoms with Crippen molar-refractivity contribution in [2.45, 2.75) is 11.8 Å². The van der Waals surface area contributed by atoms with E-state index < -0.39 is 0 Å². The number of benzene rings is 2. The highest BCUT2D eigenvalue weighted by molar-refractivity contribution is 6.42. The maximum absolute atomic E-state index is 6.41. The lowest BCUT2D eigenvalue weighted by Crippen LogP contribution is -1.96. The molecule has 0 fully saturated rings. The Balaban J connectivity index is 2.10. The molecule has 0 radical (unpaired) electrons. The second-order valence-electron chi connectivity index (χ2n) is 4.19. The predicted octanol–water partition coefficient (Wildman–Crippen LogP) is 5.52. The summed E-state index contributed by atoms with van der Waals surface area (Å²) in [5.74, 6) is 0.821. The Hall–Kier alpha value is -0.890. The van der Waals surface area contributed by atoms with Gasteiger partial charge in [0.25, 0.3) is 0 Å². The van der Waals surface area contributed by atoms with Gasteiger partial charge >= 0.3 is 0 Å². The van der Waals surface area contributed by atoms with Crippen LogP contribution < -0.4 is 4.74 Å². The average molecular weight is 316 g/mol. The molecule has 2 aromatic carbocycles. The van der Waals surface area contributed by atoms with Crippen molar-refractivity contribution in [2.24, 2.45) is 0 Å². The summed E-state index contributed by atoms with van der Waals surface area (Å²) in [5, 5.41) is 1.00. The van der Waals surface area contributed by atoms with Crippen molar-refractivity contribution < 1.29 is 4.74 Å². The monoisotopic (exact) mass is 314 g/mol. The van der Waals surface area contributed by atoms with Gasteiger partial charge in [0.2, 0.25) is 0 Å². The first-order valence-corrected chi connectivity index (χ1v) is 7.01. The highest BCUT2D eigenvalue weighted by Gasteiger charge is 2.10. The smallest absolute Gasteiger partial charge is 0.118 e. The van der Waals surface area contributed by atoms with Gasteiger partial charge in [0.15, 0.2) is 0 Å². The Morgan fingerprint density at radius 3 is 2.26 bits per heavy atom. The molecule has 0 bridgehead atoms. The van der Waals surface area contributed by atoms with Crippen LogP contribution in [0.3, 0.4) is 0 Å². The quantitative estimate of drug-likeness (QED) is 0.675. The van der Waals surface area contributed by atoms with Crippen molar-refractivity contribution in [3.05, 3.63) is 63.6 Å². The van der Waals surface area contributed by atoms with E-state index in [0.29, 0.717) is 16.5 Å². The minimum Gasteiger partial charge on any atom is -0.497 e. The van der Waals surface area contributed by atoms with Crippen LogP contribution in [0.2, 0.25) is 10.0 Å². The second kappa shape index (κ2) is 6.51. The highest BCUT2D eigenvalue weighted by atomic mass is 35.5. The highest BCUT2D eigenvalue weighted by Crippen LogP contribution is 2.29. The molecule has 0 heterocycles. The van der Waals surface area contributed by atoms with Crippen molar-refractivity contribution in [3.8, 4) is 5.75 Å². The van der Waals surface area contributed by atoms with E-state index in [9.17, 15) is 0 Å². The largest absolute Gasteiger partial charge is 0.497 e. The van der Waals surface area contributed by atoms with E-state index in [4.69, 9.17) is 39.5 Å². The van der Waals surface area contributed by atoms with Gasteiger partial charge in [-0.25, -0.2) is 0 Å². The molecule has 2 aromatic rings. The van der Waals surface area contributed by atoms with Crippen LogP contribution in [0.1, 0.15) is 16.5 Å². The van der Waals surface area contributed by atoms with Gasteiger partial charge in [0.05, 0.1) is 22.5 Å². The number of halogens is 3. The number of alkyl halides is 1. The summed E-state index contributed by atoms with van der Waals surface area (Å²) in [6.07, 6.45) is 0.699. The Kier molecular flexibility index (Phi) is 4.98. The molecular weight excluding hydrogens is 303 g/mol. The molecule has 1 atom stereocenters. The molecule has 4 heteroatoms. The number of hydrogen-bond donors (Lipinski definition) is 0. The second-order valence-corrected chi connectivity index (χ2v) is 5.53. The Labute approximate surface area is 128 Å². The third kappa shape index (κ3) is 3.79. The van der Waals surface area contributed by atoms with Crippen LogP contribution in [0.5, 0.6) is 5.75 Å². The first-order valence-electron chi connectivity index (χ1n) is 5.82. The minimum atomic E-state index is -0.108. The Morgan fingerprint density at radius 2 is 1.68 bits per heavy atom. The molecule has 1 unspecified atom stereocenters. The van der Waals surface area contributed by atoms with Crippen molar-refractivity contribution in [1.29, 1.82) is 0 Å². The normalized spacial score (nSPS) is 12.2. The van der Waals surface area contributed by atoms with Gasteiger partial charge in [-0.3, -0.25) is 0 Å². The van der Waals surface area contributed by atoms with Crippen molar-refractivity contribution in [3.63, 3.8) is 0 Å². The first kappa shape index (κ1) is 14.5. The summed E-state index contributed by atoms with van der Waals surface area (Å²) in [4.78, 5) is 0. The fraction of sp³-hybridized carbons (Fsp3) is 0.200. The molecule has 0 N–H and O–H groups in total. The van der Waals surface area contributed by atoms with Gasteiger partial charge in [0.1, 0.15) is 5.75 Å². The molecule has 1 nitrogen and oxygen atoms in total. The number of ether oxygens (including phenoxy) is 1. The fourth-order valence-electron chi connectivity index (χ4n) is 1.80. The lowest BCUT2D eigenvalue weighted by molar-refractivity contribution is 0.414. The predicted molar refractivity (Wildman–Crippen MR) is 81.8 cm³/mol. The van der Waals surface area contributed by atoms with Crippen molar-refractivity contribution in [2.75, 3.05) is 7.11 Å². The minimum absolute atomic E-state index is 0.108. The molecule has 19 heavy (non-hydrogen) atoms. The summed E-state index contributed by atoms with van der Waals surface area (Å²) in [5.41, 5.74) is 2.11. The van der Waals surface area contributed by atoms with E-state index in [0.717, 1.165) is 16.9 Å². The average Bonchev–Trinajstić information content (AvgIpc) is 2.43. The zero-order valence-corrected chi connectivity index (χ0v) is 12.6. The molecule has 0 saturated heterocycles. The van der Waals surface area contributed by atoms with Gasteiger partial charge in [-0.2, -0.15) is 0 Å². The molecule has 0 aliphatic heterocycles. The van der Waals surface area contributed by atoms with Crippen LogP contribution in [-0.4, -0.2) is 7.11 Å².